The Labute approximate surface area is 167 Å². The molecule has 0 heterocycles. The minimum atomic E-state index is 0.0298. The van der Waals surface area contributed by atoms with Gasteiger partial charge < -0.3 is 15.5 Å². The first-order chi connectivity index (χ1) is 13.0. The predicted molar refractivity (Wildman–Crippen MR) is 110 cm³/mol. The standard InChI is InChI=1S/C21H32ClN3O2/c1-25(2)14-4-12-23-20(26)17-7-9-18(10-8-17)21(27)24-13-11-16-5-3-6-19(22)15-16/h3,5-6,15,17-18H,4,7-14H2,1-2H3,(H,23,26)(H,24,27). The highest BCUT2D eigenvalue weighted by atomic mass is 35.5. The molecule has 5 nitrogen and oxygen atoms in total. The molecule has 0 saturated heterocycles. The first kappa shape index (κ1) is 21.7. The molecule has 0 atom stereocenters. The first-order valence-electron chi connectivity index (χ1n) is 9.90. The van der Waals surface area contributed by atoms with Crippen molar-refractivity contribution in [3.8, 4) is 0 Å². The van der Waals surface area contributed by atoms with Crippen molar-refractivity contribution < 1.29 is 9.59 Å². The molecule has 2 N–H and O–H groups in total. The van der Waals surface area contributed by atoms with Gasteiger partial charge in [0.1, 0.15) is 0 Å². The molecule has 27 heavy (non-hydrogen) atoms. The fourth-order valence-corrected chi connectivity index (χ4v) is 3.75. The third-order valence-corrected chi connectivity index (χ3v) is 5.39. The molecule has 1 aliphatic rings. The van der Waals surface area contributed by atoms with Crippen LogP contribution in [0.4, 0.5) is 0 Å². The summed E-state index contributed by atoms with van der Waals surface area (Å²) in [6, 6.07) is 7.71. The molecule has 1 aromatic carbocycles. The third-order valence-electron chi connectivity index (χ3n) is 5.15. The molecule has 0 unspecified atom stereocenters. The number of hydrogen-bond acceptors (Lipinski definition) is 3. The molecular weight excluding hydrogens is 362 g/mol. The van der Waals surface area contributed by atoms with Crippen LogP contribution in [-0.2, 0) is 16.0 Å². The van der Waals surface area contributed by atoms with Crippen molar-refractivity contribution >= 4 is 23.4 Å². The van der Waals surface area contributed by atoms with Gasteiger partial charge in [-0.1, -0.05) is 23.7 Å². The molecule has 2 amide bonds. The van der Waals surface area contributed by atoms with Gasteiger partial charge in [-0.2, -0.15) is 0 Å². The lowest BCUT2D eigenvalue weighted by molar-refractivity contribution is -0.130. The number of carbonyl (C=O) groups excluding carboxylic acids is 2. The zero-order valence-corrected chi connectivity index (χ0v) is 17.2. The lowest BCUT2D eigenvalue weighted by Gasteiger charge is -2.27. The minimum Gasteiger partial charge on any atom is -0.356 e. The molecule has 0 spiro atoms. The average molecular weight is 394 g/mol. The van der Waals surface area contributed by atoms with Crippen LogP contribution >= 0.6 is 11.6 Å². The Bertz CT molecular complexity index is 613. The van der Waals surface area contributed by atoms with E-state index in [0.29, 0.717) is 6.54 Å². The van der Waals surface area contributed by atoms with Gasteiger partial charge in [-0.3, -0.25) is 9.59 Å². The van der Waals surface area contributed by atoms with E-state index in [2.05, 4.69) is 15.5 Å². The highest BCUT2D eigenvalue weighted by Gasteiger charge is 2.29. The van der Waals surface area contributed by atoms with Crippen LogP contribution in [0, 0.1) is 11.8 Å². The van der Waals surface area contributed by atoms with Crippen LogP contribution in [0.1, 0.15) is 37.7 Å². The lowest BCUT2D eigenvalue weighted by Crippen LogP contribution is -2.38. The second-order valence-corrected chi connectivity index (χ2v) is 8.10. The second-order valence-electron chi connectivity index (χ2n) is 7.67. The maximum atomic E-state index is 12.4. The van der Waals surface area contributed by atoms with Crippen molar-refractivity contribution in [2.45, 2.75) is 38.5 Å². The van der Waals surface area contributed by atoms with Crippen molar-refractivity contribution in [1.82, 2.24) is 15.5 Å². The molecule has 0 radical (unpaired) electrons. The largest absolute Gasteiger partial charge is 0.356 e. The van der Waals surface area contributed by atoms with Crippen LogP contribution < -0.4 is 10.6 Å². The quantitative estimate of drug-likeness (QED) is 0.634. The number of amides is 2. The van der Waals surface area contributed by atoms with Crippen LogP contribution in [0.5, 0.6) is 0 Å². The van der Waals surface area contributed by atoms with Gasteiger partial charge in [0.2, 0.25) is 11.8 Å². The fourth-order valence-electron chi connectivity index (χ4n) is 3.54. The summed E-state index contributed by atoms with van der Waals surface area (Å²) in [5.41, 5.74) is 1.12. The van der Waals surface area contributed by atoms with Gasteiger partial charge in [-0.25, -0.2) is 0 Å². The Morgan fingerprint density at radius 3 is 2.19 bits per heavy atom. The number of nitrogens with zero attached hydrogens (tertiary/aromatic N) is 1. The number of hydrogen-bond donors (Lipinski definition) is 2. The molecule has 1 saturated carbocycles. The van der Waals surface area contributed by atoms with E-state index in [9.17, 15) is 9.59 Å². The van der Waals surface area contributed by atoms with E-state index in [-0.39, 0.29) is 23.7 Å². The summed E-state index contributed by atoms with van der Waals surface area (Å²) < 4.78 is 0. The van der Waals surface area contributed by atoms with Crippen LogP contribution in [0.15, 0.2) is 24.3 Å². The Kier molecular flexibility index (Phi) is 9.08. The second kappa shape index (κ2) is 11.3. The van der Waals surface area contributed by atoms with E-state index in [0.717, 1.165) is 62.2 Å². The van der Waals surface area contributed by atoms with Crippen molar-refractivity contribution in [3.05, 3.63) is 34.9 Å². The molecule has 1 aromatic rings. The molecule has 1 fully saturated rings. The number of carbonyl (C=O) groups is 2. The van der Waals surface area contributed by atoms with E-state index in [1.807, 2.05) is 38.4 Å². The molecule has 2 rings (SSSR count). The zero-order chi connectivity index (χ0) is 19.6. The van der Waals surface area contributed by atoms with Crippen LogP contribution in [-0.4, -0.2) is 50.4 Å². The normalized spacial score (nSPS) is 19.7. The van der Waals surface area contributed by atoms with E-state index in [1.54, 1.807) is 0 Å². The van der Waals surface area contributed by atoms with Crippen molar-refractivity contribution in [3.63, 3.8) is 0 Å². The summed E-state index contributed by atoms with van der Waals surface area (Å²) >= 11 is 5.98. The molecule has 0 aromatic heterocycles. The smallest absolute Gasteiger partial charge is 0.223 e. The van der Waals surface area contributed by atoms with Gasteiger partial charge in [-0.05, 0) is 76.9 Å². The van der Waals surface area contributed by atoms with E-state index >= 15 is 0 Å². The number of benzene rings is 1. The summed E-state index contributed by atoms with van der Waals surface area (Å²) in [6.07, 6.45) is 4.91. The molecule has 6 heteroatoms. The molecule has 1 aliphatic carbocycles. The van der Waals surface area contributed by atoms with Crippen LogP contribution in [0.3, 0.4) is 0 Å². The first-order valence-corrected chi connectivity index (χ1v) is 10.3. The molecule has 0 bridgehead atoms. The molecular formula is C21H32ClN3O2. The van der Waals surface area contributed by atoms with Gasteiger partial charge in [0, 0.05) is 29.9 Å². The number of nitrogens with one attached hydrogen (secondary N) is 2. The maximum Gasteiger partial charge on any atom is 0.223 e. The average Bonchev–Trinajstić information content (AvgIpc) is 2.65. The predicted octanol–water partition coefficient (Wildman–Crippen LogP) is 2.87. The molecule has 150 valence electrons. The zero-order valence-electron chi connectivity index (χ0n) is 16.5. The Hall–Kier alpha value is -1.59. The van der Waals surface area contributed by atoms with E-state index in [4.69, 9.17) is 11.6 Å². The number of halogens is 1. The topological polar surface area (TPSA) is 61.4 Å². The highest BCUT2D eigenvalue weighted by molar-refractivity contribution is 6.30. The van der Waals surface area contributed by atoms with Crippen molar-refractivity contribution in [1.29, 1.82) is 0 Å². The Morgan fingerprint density at radius 2 is 1.63 bits per heavy atom. The SMILES string of the molecule is CN(C)CCCNC(=O)C1CCC(C(=O)NCCc2cccc(Cl)c2)CC1. The maximum absolute atomic E-state index is 12.4. The summed E-state index contributed by atoms with van der Waals surface area (Å²) in [5, 5.41) is 6.78. The summed E-state index contributed by atoms with van der Waals surface area (Å²) in [4.78, 5) is 26.7. The number of rotatable bonds is 9. The van der Waals surface area contributed by atoms with Gasteiger partial charge in [0.05, 0.1) is 0 Å². The fraction of sp³-hybridized carbons (Fsp3) is 0.619. The van der Waals surface area contributed by atoms with Crippen LogP contribution in [0.2, 0.25) is 5.02 Å². The molecule has 0 aliphatic heterocycles. The Morgan fingerprint density at radius 1 is 1.04 bits per heavy atom. The lowest BCUT2D eigenvalue weighted by atomic mass is 9.81. The van der Waals surface area contributed by atoms with Crippen molar-refractivity contribution in [2.75, 3.05) is 33.7 Å². The minimum absolute atomic E-state index is 0.0298. The van der Waals surface area contributed by atoms with Gasteiger partial charge >= 0.3 is 0 Å². The highest BCUT2D eigenvalue weighted by Crippen LogP contribution is 2.29. The third kappa shape index (κ3) is 7.89. The van der Waals surface area contributed by atoms with Crippen LogP contribution in [0.25, 0.3) is 0 Å². The van der Waals surface area contributed by atoms with Gasteiger partial charge in [-0.15, -0.1) is 0 Å². The summed E-state index contributed by atoms with van der Waals surface area (Å²) in [6.45, 7) is 2.31. The monoisotopic (exact) mass is 393 g/mol. The van der Waals surface area contributed by atoms with Gasteiger partial charge in [0.15, 0.2) is 0 Å². The van der Waals surface area contributed by atoms with E-state index < -0.39 is 0 Å². The summed E-state index contributed by atoms with van der Waals surface area (Å²) in [5.74, 6) is 0.345. The van der Waals surface area contributed by atoms with E-state index in [1.165, 1.54) is 0 Å². The van der Waals surface area contributed by atoms with Gasteiger partial charge in [0.25, 0.3) is 0 Å². The van der Waals surface area contributed by atoms with Crippen molar-refractivity contribution in [2.24, 2.45) is 11.8 Å². The Balaban J connectivity index is 1.62. The summed E-state index contributed by atoms with van der Waals surface area (Å²) in [7, 11) is 4.06.